The van der Waals surface area contributed by atoms with Crippen molar-refractivity contribution in [3.63, 3.8) is 0 Å². The Balaban J connectivity index is 1.53. The Bertz CT molecular complexity index is 1150. The largest absolute Gasteiger partial charge is 0.479 e. The minimum absolute atomic E-state index is 0.247. The number of hydrogen-bond donors (Lipinski definition) is 4. The summed E-state index contributed by atoms with van der Waals surface area (Å²) >= 11 is 0. The molecule has 3 rings (SSSR count). The van der Waals surface area contributed by atoms with Crippen molar-refractivity contribution in [1.82, 2.24) is 20.9 Å². The average molecular weight is 573 g/mol. The number of hydrogen-bond acceptors (Lipinski definition) is 5. The molecule has 0 radical (unpaired) electrons. The fourth-order valence-corrected chi connectivity index (χ4v) is 5.16. The second-order valence-electron chi connectivity index (χ2n) is 11.2. The molecule has 1 aliphatic heterocycles. The summed E-state index contributed by atoms with van der Waals surface area (Å²) in [4.78, 5) is 64.9. The zero-order valence-electron chi connectivity index (χ0n) is 24.0. The summed E-state index contributed by atoms with van der Waals surface area (Å²) in [5.41, 5.74) is -1.12. The Morgan fingerprint density at radius 2 is 1.85 bits per heavy atom. The molecule has 0 spiro atoms. The van der Waals surface area contributed by atoms with Gasteiger partial charge in [-0.1, -0.05) is 45.8 Å². The molecule has 224 valence electrons. The molecule has 1 aliphatic carbocycles. The molecule has 1 aromatic carbocycles. The second-order valence-corrected chi connectivity index (χ2v) is 11.2. The fraction of sp³-hybridized carbons (Fsp3) is 0.567. The third kappa shape index (κ3) is 8.14. The number of halogens is 1. The smallest absolute Gasteiger partial charge is 0.330 e. The molecular formula is C30H41FN4O6. The lowest BCUT2D eigenvalue weighted by Crippen LogP contribution is -2.55. The van der Waals surface area contributed by atoms with Crippen LogP contribution in [-0.4, -0.2) is 70.3 Å². The van der Waals surface area contributed by atoms with E-state index in [-0.39, 0.29) is 23.2 Å². The van der Waals surface area contributed by atoms with E-state index in [2.05, 4.69) is 22.9 Å². The number of nitrogens with one attached hydrogen (secondary N) is 3. The van der Waals surface area contributed by atoms with Gasteiger partial charge in [0, 0.05) is 18.0 Å². The van der Waals surface area contributed by atoms with Crippen molar-refractivity contribution in [2.45, 2.75) is 83.3 Å². The summed E-state index contributed by atoms with van der Waals surface area (Å²) in [6.07, 6.45) is 9.16. The van der Waals surface area contributed by atoms with E-state index >= 15 is 0 Å². The van der Waals surface area contributed by atoms with E-state index in [1.807, 2.05) is 12.2 Å². The summed E-state index contributed by atoms with van der Waals surface area (Å²) in [5, 5.41) is 17.6. The zero-order chi connectivity index (χ0) is 30.2. The molecule has 1 aromatic rings. The van der Waals surface area contributed by atoms with Crippen molar-refractivity contribution < 1.29 is 33.5 Å². The summed E-state index contributed by atoms with van der Waals surface area (Å²) in [7, 11) is 0. The number of Topliss-reactive ketones (excluding diaryl/α,β-unsaturated/α-hetero) is 1. The number of benzene rings is 1. The summed E-state index contributed by atoms with van der Waals surface area (Å²) in [6.45, 7) is 5.51. The summed E-state index contributed by atoms with van der Waals surface area (Å²) in [6, 6.07) is 2.55. The maximum atomic E-state index is 13.2. The highest BCUT2D eigenvalue weighted by molar-refractivity contribution is 6.02. The zero-order valence-corrected chi connectivity index (χ0v) is 24.0. The number of carboxylic acid groups (broad SMARTS) is 1. The first kappa shape index (κ1) is 31.8. The lowest BCUT2D eigenvalue weighted by molar-refractivity contribution is -0.145. The van der Waals surface area contributed by atoms with Gasteiger partial charge in [-0.3, -0.25) is 14.4 Å². The lowest BCUT2D eigenvalue weighted by Gasteiger charge is -2.26. The number of likely N-dealkylation sites (tertiary alicyclic amines) is 1. The van der Waals surface area contributed by atoms with Crippen LogP contribution in [0.2, 0.25) is 0 Å². The minimum Gasteiger partial charge on any atom is -0.479 e. The monoisotopic (exact) mass is 572 g/mol. The van der Waals surface area contributed by atoms with Crippen molar-refractivity contribution in [1.29, 1.82) is 0 Å². The predicted octanol–water partition coefficient (Wildman–Crippen LogP) is 3.42. The van der Waals surface area contributed by atoms with E-state index < -0.39 is 53.8 Å². The van der Waals surface area contributed by atoms with Crippen LogP contribution in [-0.2, 0) is 14.4 Å². The van der Waals surface area contributed by atoms with Crippen molar-refractivity contribution in [2.75, 3.05) is 13.1 Å². The highest BCUT2D eigenvalue weighted by atomic mass is 19.1. The van der Waals surface area contributed by atoms with Crippen molar-refractivity contribution in [3.05, 3.63) is 47.8 Å². The van der Waals surface area contributed by atoms with E-state index in [1.54, 1.807) is 13.8 Å². The van der Waals surface area contributed by atoms with Gasteiger partial charge < -0.3 is 26.0 Å². The van der Waals surface area contributed by atoms with Gasteiger partial charge in [0.15, 0.2) is 5.78 Å². The standard InChI is InChI=1S/C30H41FN4O6/c1-4-5-6-7-8-10-21-17-30(21,28(39)40)34-27(38)23-11-9-16-35(23)24(36)18-32-29(41)33-25(19(2)3)26(37)20-12-14-22(31)15-13-20/h8,10,12-15,19,21,23,25H,4-7,9,11,16-18H2,1-3H3,(H,34,38)(H,39,40)(H2,32,33,41)/b10-8-/t21?,23?,25-,30+/m0/s1. The van der Waals surface area contributed by atoms with Crippen molar-refractivity contribution in [2.24, 2.45) is 11.8 Å². The number of rotatable bonds is 14. The number of amides is 4. The lowest BCUT2D eigenvalue weighted by atomic mass is 9.95. The highest BCUT2D eigenvalue weighted by Gasteiger charge is 2.61. The fourth-order valence-electron chi connectivity index (χ4n) is 5.16. The molecule has 0 bridgehead atoms. The van der Waals surface area contributed by atoms with Gasteiger partial charge in [-0.25, -0.2) is 14.0 Å². The Kier molecular flexibility index (Phi) is 11.0. The molecule has 10 nitrogen and oxygen atoms in total. The minimum atomic E-state index is -1.36. The van der Waals surface area contributed by atoms with Gasteiger partial charge in [-0.05, 0) is 62.3 Å². The quantitative estimate of drug-likeness (QED) is 0.153. The highest BCUT2D eigenvalue weighted by Crippen LogP contribution is 2.45. The van der Waals surface area contributed by atoms with Gasteiger partial charge in [0.2, 0.25) is 11.8 Å². The van der Waals surface area contributed by atoms with Gasteiger partial charge in [0.25, 0.3) is 0 Å². The van der Waals surface area contributed by atoms with E-state index in [9.17, 15) is 33.5 Å². The van der Waals surface area contributed by atoms with Crippen LogP contribution in [0.4, 0.5) is 9.18 Å². The molecule has 2 unspecified atom stereocenters. The topological polar surface area (TPSA) is 145 Å². The predicted molar refractivity (Wildman–Crippen MR) is 151 cm³/mol. The third-order valence-electron chi connectivity index (χ3n) is 7.73. The van der Waals surface area contributed by atoms with Crippen LogP contribution in [0, 0.1) is 17.7 Å². The number of nitrogens with zero attached hydrogens (tertiary/aromatic N) is 1. The molecule has 11 heteroatoms. The maximum Gasteiger partial charge on any atom is 0.330 e. The van der Waals surface area contributed by atoms with E-state index in [0.717, 1.165) is 25.7 Å². The van der Waals surface area contributed by atoms with Gasteiger partial charge in [-0.2, -0.15) is 0 Å². The number of allylic oxidation sites excluding steroid dienone is 1. The first-order chi connectivity index (χ1) is 19.5. The van der Waals surface area contributed by atoms with Crippen LogP contribution in [0.1, 0.15) is 76.1 Å². The molecular weight excluding hydrogens is 531 g/mol. The Labute approximate surface area is 240 Å². The number of aliphatic carboxylic acids is 1. The number of carboxylic acids is 1. The number of ketones is 1. The molecule has 4 amide bonds. The molecule has 1 saturated heterocycles. The molecule has 1 saturated carbocycles. The van der Waals surface area contributed by atoms with Crippen LogP contribution >= 0.6 is 0 Å². The van der Waals surface area contributed by atoms with Gasteiger partial charge in [0.05, 0.1) is 12.6 Å². The second kappa shape index (κ2) is 14.2. The molecule has 41 heavy (non-hydrogen) atoms. The van der Waals surface area contributed by atoms with E-state index in [4.69, 9.17) is 0 Å². The number of urea groups is 1. The van der Waals surface area contributed by atoms with Crippen molar-refractivity contribution in [3.8, 4) is 0 Å². The van der Waals surface area contributed by atoms with Crippen LogP contribution in [0.15, 0.2) is 36.4 Å². The maximum absolute atomic E-state index is 13.2. The number of carbonyl (C=O) groups excluding carboxylic acids is 4. The van der Waals surface area contributed by atoms with Gasteiger partial charge in [-0.15, -0.1) is 0 Å². The van der Waals surface area contributed by atoms with Crippen LogP contribution in [0.3, 0.4) is 0 Å². The molecule has 2 aliphatic rings. The Morgan fingerprint density at radius 1 is 1.15 bits per heavy atom. The van der Waals surface area contributed by atoms with Crippen LogP contribution in [0.25, 0.3) is 0 Å². The van der Waals surface area contributed by atoms with Crippen LogP contribution in [0.5, 0.6) is 0 Å². The third-order valence-corrected chi connectivity index (χ3v) is 7.73. The van der Waals surface area contributed by atoms with Gasteiger partial charge >= 0.3 is 12.0 Å². The number of unbranched alkanes of at least 4 members (excludes halogenated alkanes) is 3. The SMILES string of the molecule is CCCCC/C=C\C1C[C@]1(NC(=O)C1CCCN1C(=O)CNC(=O)N[C@H](C(=O)c1ccc(F)cc1)C(C)C)C(=O)O. The Morgan fingerprint density at radius 3 is 2.49 bits per heavy atom. The van der Waals surface area contributed by atoms with E-state index in [0.29, 0.717) is 25.8 Å². The molecule has 2 fully saturated rings. The molecule has 4 N–H and O–H groups in total. The van der Waals surface area contributed by atoms with E-state index in [1.165, 1.54) is 29.2 Å². The summed E-state index contributed by atoms with van der Waals surface area (Å²) < 4.78 is 13.2. The molecule has 1 heterocycles. The number of carbonyl (C=O) groups is 5. The van der Waals surface area contributed by atoms with Crippen LogP contribution < -0.4 is 16.0 Å². The van der Waals surface area contributed by atoms with Gasteiger partial charge in [0.1, 0.15) is 17.4 Å². The Hall–Kier alpha value is -3.76. The first-order valence-electron chi connectivity index (χ1n) is 14.4. The molecule has 0 aromatic heterocycles. The summed E-state index contributed by atoms with van der Waals surface area (Å²) in [5.74, 6) is -3.55. The molecule has 4 atom stereocenters. The van der Waals surface area contributed by atoms with Crippen molar-refractivity contribution >= 4 is 29.6 Å². The normalized spacial score (nSPS) is 22.4. The average Bonchev–Trinajstić information content (AvgIpc) is 3.40. The first-order valence-corrected chi connectivity index (χ1v) is 14.4.